The number of hydrogen-bond acceptors (Lipinski definition) is 6. The van der Waals surface area contributed by atoms with Crippen molar-refractivity contribution in [2.24, 2.45) is 11.8 Å². The van der Waals surface area contributed by atoms with Gasteiger partial charge >= 0.3 is 0 Å². The summed E-state index contributed by atoms with van der Waals surface area (Å²) in [6.07, 6.45) is 12.0. The lowest BCUT2D eigenvalue weighted by Gasteiger charge is -2.62. The highest BCUT2D eigenvalue weighted by Gasteiger charge is 2.58. The molecule has 2 N–H and O–H groups in total. The maximum Gasteiger partial charge on any atom is 0.271 e. The number of rotatable bonds is 4. The quantitative estimate of drug-likeness (QED) is 0.805. The Morgan fingerprint density at radius 1 is 0.800 bits per heavy atom. The molecule has 4 aliphatic rings. The van der Waals surface area contributed by atoms with Gasteiger partial charge in [0.25, 0.3) is 11.8 Å². The molecule has 4 bridgehead atoms. The monoisotopic (exact) mass is 406 g/mol. The van der Waals surface area contributed by atoms with Gasteiger partial charge in [-0.1, -0.05) is 0 Å². The van der Waals surface area contributed by atoms with Crippen molar-refractivity contribution in [3.63, 3.8) is 0 Å². The highest BCUT2D eigenvalue weighted by Crippen LogP contribution is 2.57. The molecule has 0 saturated heterocycles. The predicted molar refractivity (Wildman–Crippen MR) is 109 cm³/mol. The van der Waals surface area contributed by atoms with Crippen molar-refractivity contribution >= 4 is 11.8 Å². The minimum absolute atomic E-state index is 0.181. The number of aryl methyl sites for hydroxylation is 2. The Hall–Kier alpha value is -2.90. The summed E-state index contributed by atoms with van der Waals surface area (Å²) in [4.78, 5) is 42.7. The molecule has 2 heterocycles. The van der Waals surface area contributed by atoms with Crippen LogP contribution in [0.25, 0.3) is 0 Å². The van der Waals surface area contributed by atoms with Gasteiger partial charge in [-0.05, 0) is 64.2 Å². The predicted octanol–water partition coefficient (Wildman–Crippen LogP) is 2.13. The van der Waals surface area contributed by atoms with Crippen molar-refractivity contribution in [2.75, 3.05) is 0 Å². The van der Waals surface area contributed by atoms with Gasteiger partial charge in [0, 0.05) is 23.5 Å². The fourth-order valence-electron chi connectivity index (χ4n) is 6.31. The molecule has 0 unspecified atom stereocenters. The molecule has 4 aliphatic carbocycles. The molecule has 8 nitrogen and oxygen atoms in total. The van der Waals surface area contributed by atoms with E-state index in [4.69, 9.17) is 0 Å². The first-order chi connectivity index (χ1) is 14.3. The van der Waals surface area contributed by atoms with Gasteiger partial charge in [0.05, 0.1) is 23.8 Å². The highest BCUT2D eigenvalue weighted by atomic mass is 16.2. The van der Waals surface area contributed by atoms with E-state index in [1.54, 1.807) is 12.4 Å². The average Bonchev–Trinajstić information content (AvgIpc) is 2.66. The van der Waals surface area contributed by atoms with Crippen molar-refractivity contribution in [3.8, 4) is 0 Å². The zero-order chi connectivity index (χ0) is 20.9. The second-order valence-electron chi connectivity index (χ2n) is 9.52. The fraction of sp³-hybridized carbons (Fsp3) is 0.545. The summed E-state index contributed by atoms with van der Waals surface area (Å²) in [5, 5.41) is 6.59. The van der Waals surface area contributed by atoms with Crippen LogP contribution in [0.2, 0.25) is 0 Å². The van der Waals surface area contributed by atoms with Crippen LogP contribution in [-0.2, 0) is 0 Å². The van der Waals surface area contributed by atoms with Crippen molar-refractivity contribution in [1.29, 1.82) is 0 Å². The van der Waals surface area contributed by atoms with Gasteiger partial charge in [0.1, 0.15) is 11.4 Å². The van der Waals surface area contributed by atoms with Crippen LogP contribution < -0.4 is 10.6 Å². The summed E-state index contributed by atoms with van der Waals surface area (Å²) in [7, 11) is 0. The van der Waals surface area contributed by atoms with Crippen molar-refractivity contribution < 1.29 is 9.59 Å². The van der Waals surface area contributed by atoms with Gasteiger partial charge < -0.3 is 10.6 Å². The van der Waals surface area contributed by atoms with Crippen LogP contribution in [0, 0.1) is 25.7 Å². The molecule has 0 radical (unpaired) electrons. The lowest BCUT2D eigenvalue weighted by molar-refractivity contribution is -0.0449. The number of carbonyl (C=O) groups excluding carboxylic acids is 2. The Morgan fingerprint density at radius 2 is 1.23 bits per heavy atom. The standard InChI is InChI=1S/C22H26N6O2/c1-13-8-23-10-17(25-13)19(29)27-21-4-15-3-16(5-21)7-22(6-15,12-21)28-20(30)18-11-24-9-14(2)26-18/h8-11,15-16H,3-7,12H2,1-2H3,(H,27,29)(H,28,30). The molecule has 4 saturated carbocycles. The van der Waals surface area contributed by atoms with Crippen LogP contribution in [0.3, 0.4) is 0 Å². The second kappa shape index (κ2) is 6.82. The minimum atomic E-state index is -0.307. The normalized spacial score (nSPS) is 31.4. The van der Waals surface area contributed by atoms with Crippen LogP contribution in [0.1, 0.15) is 70.9 Å². The lowest BCUT2D eigenvalue weighted by atomic mass is 9.49. The molecule has 2 aromatic heterocycles. The molecule has 30 heavy (non-hydrogen) atoms. The van der Waals surface area contributed by atoms with Gasteiger partial charge in [0.15, 0.2) is 0 Å². The van der Waals surface area contributed by atoms with E-state index in [0.717, 1.165) is 43.5 Å². The van der Waals surface area contributed by atoms with Gasteiger partial charge in [-0.3, -0.25) is 19.6 Å². The Morgan fingerprint density at radius 3 is 1.63 bits per heavy atom. The van der Waals surface area contributed by atoms with Crippen molar-refractivity contribution in [1.82, 2.24) is 30.6 Å². The largest absolute Gasteiger partial charge is 0.345 e. The van der Waals surface area contributed by atoms with E-state index in [1.165, 1.54) is 18.8 Å². The number of nitrogens with zero attached hydrogens (tertiary/aromatic N) is 4. The zero-order valence-corrected chi connectivity index (χ0v) is 17.3. The summed E-state index contributed by atoms with van der Waals surface area (Å²) < 4.78 is 0. The number of hydrogen-bond donors (Lipinski definition) is 2. The molecule has 6 rings (SSSR count). The van der Waals surface area contributed by atoms with Crippen LogP contribution in [0.15, 0.2) is 24.8 Å². The van der Waals surface area contributed by atoms with Crippen LogP contribution >= 0.6 is 0 Å². The summed E-state index contributed by atoms with van der Waals surface area (Å²) in [5.41, 5.74) is 1.51. The number of aromatic nitrogens is 4. The molecule has 0 aromatic carbocycles. The summed E-state index contributed by atoms with van der Waals surface area (Å²) in [6.45, 7) is 3.65. The summed E-state index contributed by atoms with van der Waals surface area (Å²) in [5.74, 6) is 0.636. The molecule has 2 amide bonds. The Kier molecular flexibility index (Phi) is 4.34. The van der Waals surface area contributed by atoms with E-state index in [9.17, 15) is 9.59 Å². The SMILES string of the molecule is Cc1cncc(C(=O)NC23CC4CC(C2)CC(NC(=O)c2cncc(C)n2)(C4)C3)n1. The fourth-order valence-corrected chi connectivity index (χ4v) is 6.31. The first kappa shape index (κ1) is 19.1. The molecule has 4 fully saturated rings. The second-order valence-corrected chi connectivity index (χ2v) is 9.52. The van der Waals surface area contributed by atoms with Crippen LogP contribution in [0.4, 0.5) is 0 Å². The zero-order valence-electron chi connectivity index (χ0n) is 17.3. The Bertz CT molecular complexity index is 931. The average molecular weight is 406 g/mol. The smallest absolute Gasteiger partial charge is 0.271 e. The van der Waals surface area contributed by atoms with Crippen LogP contribution in [-0.4, -0.2) is 42.8 Å². The number of amides is 2. The number of nitrogens with one attached hydrogen (secondary N) is 2. The maximum absolute atomic E-state index is 12.9. The van der Waals surface area contributed by atoms with Crippen LogP contribution in [0.5, 0.6) is 0 Å². The molecular formula is C22H26N6O2. The number of carbonyl (C=O) groups is 2. The minimum Gasteiger partial charge on any atom is -0.345 e. The van der Waals surface area contributed by atoms with Gasteiger partial charge in [-0.25, -0.2) is 9.97 Å². The van der Waals surface area contributed by atoms with E-state index >= 15 is 0 Å². The summed E-state index contributed by atoms with van der Waals surface area (Å²) in [6, 6.07) is 0. The van der Waals surface area contributed by atoms with Crippen molar-refractivity contribution in [3.05, 3.63) is 47.6 Å². The Balaban J connectivity index is 1.38. The van der Waals surface area contributed by atoms with Gasteiger partial charge in [-0.2, -0.15) is 0 Å². The van der Waals surface area contributed by atoms with E-state index in [0.29, 0.717) is 23.2 Å². The first-order valence-corrected chi connectivity index (χ1v) is 10.6. The molecular weight excluding hydrogens is 380 g/mol. The molecule has 156 valence electrons. The maximum atomic E-state index is 12.9. The third kappa shape index (κ3) is 3.44. The third-order valence-electron chi connectivity index (χ3n) is 6.79. The summed E-state index contributed by atoms with van der Waals surface area (Å²) >= 11 is 0. The van der Waals surface area contributed by atoms with Gasteiger partial charge in [-0.15, -0.1) is 0 Å². The van der Waals surface area contributed by atoms with Gasteiger partial charge in [0.2, 0.25) is 0 Å². The first-order valence-electron chi connectivity index (χ1n) is 10.6. The third-order valence-corrected chi connectivity index (χ3v) is 6.79. The van der Waals surface area contributed by atoms with E-state index in [1.807, 2.05) is 13.8 Å². The molecule has 8 heteroatoms. The molecule has 2 aromatic rings. The highest BCUT2D eigenvalue weighted by molar-refractivity contribution is 5.93. The van der Waals surface area contributed by atoms with Crippen molar-refractivity contribution in [2.45, 2.75) is 63.5 Å². The molecule has 0 aliphatic heterocycles. The Labute approximate surface area is 175 Å². The lowest BCUT2D eigenvalue weighted by Crippen LogP contribution is -2.70. The van der Waals surface area contributed by atoms with E-state index in [-0.39, 0.29) is 22.9 Å². The molecule has 0 spiro atoms. The topological polar surface area (TPSA) is 110 Å². The molecule has 0 atom stereocenters. The van der Waals surface area contributed by atoms with E-state index < -0.39 is 0 Å². The van der Waals surface area contributed by atoms with E-state index in [2.05, 4.69) is 30.6 Å².